The van der Waals surface area contributed by atoms with Crippen LogP contribution in [0.3, 0.4) is 0 Å². The second kappa shape index (κ2) is 4.22. The van der Waals surface area contributed by atoms with E-state index in [9.17, 15) is 4.79 Å². The van der Waals surface area contributed by atoms with Gasteiger partial charge in [0, 0.05) is 18.1 Å². The summed E-state index contributed by atoms with van der Waals surface area (Å²) < 4.78 is 1.70. The third-order valence-corrected chi connectivity index (χ3v) is 3.45. The molecule has 2 rings (SSSR count). The van der Waals surface area contributed by atoms with Crippen molar-refractivity contribution in [3.05, 3.63) is 39.3 Å². The zero-order chi connectivity index (χ0) is 11.7. The summed E-state index contributed by atoms with van der Waals surface area (Å²) in [5, 5.41) is 4.28. The molecule has 0 radical (unpaired) electrons. The quantitative estimate of drug-likeness (QED) is 0.765. The number of rotatable bonds is 3. The van der Waals surface area contributed by atoms with E-state index >= 15 is 0 Å². The van der Waals surface area contributed by atoms with Crippen LogP contribution in [0, 0.1) is 6.92 Å². The van der Waals surface area contributed by atoms with E-state index in [1.54, 1.807) is 10.9 Å². The second-order valence-corrected chi connectivity index (χ2v) is 5.04. The number of hydrogen-bond acceptors (Lipinski definition) is 3. The molecule has 0 fully saturated rings. The molecule has 2 heterocycles. The molecule has 0 saturated heterocycles. The van der Waals surface area contributed by atoms with Crippen molar-refractivity contribution in [3.8, 4) is 0 Å². The lowest BCUT2D eigenvalue weighted by Gasteiger charge is -1.95. The van der Waals surface area contributed by atoms with E-state index < -0.39 is 0 Å². The molecule has 0 bridgehead atoms. The Hall–Kier alpha value is -1.42. The van der Waals surface area contributed by atoms with Gasteiger partial charge in [-0.1, -0.05) is 6.92 Å². The Bertz CT molecular complexity index is 525. The number of aromatic nitrogens is 2. The number of hydrogen-bond donors (Lipinski definition) is 0. The summed E-state index contributed by atoms with van der Waals surface area (Å²) >= 11 is 1.53. The van der Waals surface area contributed by atoms with E-state index in [-0.39, 0.29) is 5.78 Å². The molecule has 3 nitrogen and oxygen atoms in total. The van der Waals surface area contributed by atoms with Crippen molar-refractivity contribution < 1.29 is 4.79 Å². The fraction of sp³-hybridized carbons (Fsp3) is 0.333. The third kappa shape index (κ3) is 1.93. The van der Waals surface area contributed by atoms with Crippen LogP contribution < -0.4 is 0 Å². The predicted octanol–water partition coefficient (Wildman–Crippen LogP) is 2.58. The van der Waals surface area contributed by atoms with Crippen molar-refractivity contribution in [1.82, 2.24) is 9.78 Å². The van der Waals surface area contributed by atoms with E-state index in [4.69, 9.17) is 0 Å². The number of aryl methyl sites for hydroxylation is 3. The molecule has 0 aliphatic heterocycles. The minimum atomic E-state index is 0.0862. The monoisotopic (exact) mass is 234 g/mol. The molecule has 0 aliphatic rings. The van der Waals surface area contributed by atoms with E-state index in [2.05, 4.69) is 5.10 Å². The first-order valence-corrected chi connectivity index (χ1v) is 6.07. The van der Waals surface area contributed by atoms with Crippen LogP contribution in [-0.4, -0.2) is 15.6 Å². The van der Waals surface area contributed by atoms with Gasteiger partial charge in [-0.05, 0) is 25.5 Å². The first-order chi connectivity index (χ1) is 7.61. The zero-order valence-electron chi connectivity index (χ0n) is 9.65. The Morgan fingerprint density at radius 2 is 2.25 bits per heavy atom. The SMILES string of the molecule is CCc1nn(C)cc1C(=O)c1ccc(C)s1. The van der Waals surface area contributed by atoms with Crippen molar-refractivity contribution >= 4 is 17.1 Å². The topological polar surface area (TPSA) is 34.9 Å². The van der Waals surface area contributed by atoms with Crippen LogP contribution in [0.1, 0.15) is 32.7 Å². The Morgan fingerprint density at radius 3 is 2.81 bits per heavy atom. The summed E-state index contributed by atoms with van der Waals surface area (Å²) in [5.74, 6) is 0.0862. The molecule has 2 aromatic rings. The highest BCUT2D eigenvalue weighted by Gasteiger charge is 2.17. The number of thiophene rings is 1. The van der Waals surface area contributed by atoms with Crippen molar-refractivity contribution in [3.63, 3.8) is 0 Å². The van der Waals surface area contributed by atoms with Crippen LogP contribution in [0.15, 0.2) is 18.3 Å². The Morgan fingerprint density at radius 1 is 1.50 bits per heavy atom. The van der Waals surface area contributed by atoms with Gasteiger partial charge in [0.15, 0.2) is 0 Å². The molecule has 4 heteroatoms. The average Bonchev–Trinajstić information content (AvgIpc) is 2.83. The minimum absolute atomic E-state index is 0.0862. The average molecular weight is 234 g/mol. The Balaban J connectivity index is 2.40. The van der Waals surface area contributed by atoms with Crippen LogP contribution in [0.2, 0.25) is 0 Å². The van der Waals surface area contributed by atoms with E-state index in [0.717, 1.165) is 27.4 Å². The molecule has 0 saturated carbocycles. The molecule has 0 aromatic carbocycles. The van der Waals surface area contributed by atoms with Gasteiger partial charge >= 0.3 is 0 Å². The van der Waals surface area contributed by atoms with E-state index in [0.29, 0.717) is 0 Å². The first-order valence-electron chi connectivity index (χ1n) is 5.25. The van der Waals surface area contributed by atoms with Crippen LogP contribution >= 0.6 is 11.3 Å². The molecule has 84 valence electrons. The molecule has 0 N–H and O–H groups in total. The molecular weight excluding hydrogens is 220 g/mol. The lowest BCUT2D eigenvalue weighted by Crippen LogP contribution is -2.00. The van der Waals surface area contributed by atoms with Crippen LogP contribution in [0.4, 0.5) is 0 Å². The lowest BCUT2D eigenvalue weighted by molar-refractivity contribution is 0.104. The standard InChI is InChI=1S/C12H14N2OS/c1-4-10-9(7-14(3)13-10)12(15)11-6-5-8(2)16-11/h5-7H,4H2,1-3H3. The number of carbonyl (C=O) groups excluding carboxylic acids is 1. The Labute approximate surface area is 98.7 Å². The maximum Gasteiger partial charge on any atom is 0.206 e. The maximum atomic E-state index is 12.2. The van der Waals surface area contributed by atoms with Gasteiger partial charge in [-0.25, -0.2) is 0 Å². The van der Waals surface area contributed by atoms with Gasteiger partial charge in [0.2, 0.25) is 5.78 Å². The van der Waals surface area contributed by atoms with Gasteiger partial charge in [0.05, 0.1) is 16.1 Å². The number of nitrogens with zero attached hydrogens (tertiary/aromatic N) is 2. The molecular formula is C12H14N2OS. The zero-order valence-corrected chi connectivity index (χ0v) is 10.5. The normalized spacial score (nSPS) is 10.7. The summed E-state index contributed by atoms with van der Waals surface area (Å²) in [7, 11) is 1.84. The van der Waals surface area contributed by atoms with Gasteiger partial charge in [0.25, 0.3) is 0 Å². The molecule has 0 spiro atoms. The van der Waals surface area contributed by atoms with E-state index in [1.807, 2.05) is 33.0 Å². The van der Waals surface area contributed by atoms with Crippen LogP contribution in [-0.2, 0) is 13.5 Å². The van der Waals surface area contributed by atoms with Crippen LogP contribution in [0.5, 0.6) is 0 Å². The summed E-state index contributed by atoms with van der Waals surface area (Å²) in [4.78, 5) is 14.2. The molecule has 16 heavy (non-hydrogen) atoms. The van der Waals surface area contributed by atoms with Crippen molar-refractivity contribution in [2.75, 3.05) is 0 Å². The van der Waals surface area contributed by atoms with Gasteiger partial charge in [-0.3, -0.25) is 9.48 Å². The highest BCUT2D eigenvalue weighted by Crippen LogP contribution is 2.20. The van der Waals surface area contributed by atoms with Crippen molar-refractivity contribution in [2.24, 2.45) is 7.05 Å². The first kappa shape index (κ1) is 11.1. The summed E-state index contributed by atoms with van der Waals surface area (Å²) in [5.41, 5.74) is 1.60. The van der Waals surface area contributed by atoms with Crippen molar-refractivity contribution in [1.29, 1.82) is 0 Å². The maximum absolute atomic E-state index is 12.2. The fourth-order valence-electron chi connectivity index (χ4n) is 1.67. The predicted molar refractivity (Wildman–Crippen MR) is 65.1 cm³/mol. The Kier molecular flexibility index (Phi) is 2.92. The van der Waals surface area contributed by atoms with Crippen LogP contribution in [0.25, 0.3) is 0 Å². The summed E-state index contributed by atoms with van der Waals surface area (Å²) in [6, 6.07) is 3.86. The molecule has 0 aliphatic carbocycles. The minimum Gasteiger partial charge on any atom is -0.288 e. The number of carbonyl (C=O) groups is 1. The fourth-order valence-corrected chi connectivity index (χ4v) is 2.50. The second-order valence-electron chi connectivity index (χ2n) is 3.76. The van der Waals surface area contributed by atoms with Crippen molar-refractivity contribution in [2.45, 2.75) is 20.3 Å². The smallest absolute Gasteiger partial charge is 0.206 e. The molecule has 0 atom stereocenters. The van der Waals surface area contributed by atoms with Gasteiger partial charge in [-0.2, -0.15) is 5.10 Å². The summed E-state index contributed by atoms with van der Waals surface area (Å²) in [6.07, 6.45) is 2.59. The number of ketones is 1. The highest BCUT2D eigenvalue weighted by molar-refractivity contribution is 7.14. The van der Waals surface area contributed by atoms with Gasteiger partial charge in [-0.15, -0.1) is 11.3 Å². The summed E-state index contributed by atoms with van der Waals surface area (Å²) in [6.45, 7) is 4.02. The molecule has 0 amide bonds. The third-order valence-electron chi connectivity index (χ3n) is 2.45. The highest BCUT2D eigenvalue weighted by atomic mass is 32.1. The lowest BCUT2D eigenvalue weighted by atomic mass is 10.1. The largest absolute Gasteiger partial charge is 0.288 e. The van der Waals surface area contributed by atoms with Gasteiger partial charge in [0.1, 0.15) is 0 Å². The van der Waals surface area contributed by atoms with Gasteiger partial charge < -0.3 is 0 Å². The molecule has 2 aromatic heterocycles. The molecule has 0 unspecified atom stereocenters. The van der Waals surface area contributed by atoms with E-state index in [1.165, 1.54) is 11.3 Å².